The van der Waals surface area contributed by atoms with Crippen molar-refractivity contribution in [2.75, 3.05) is 0 Å². The third-order valence-corrected chi connectivity index (χ3v) is 2.83. The standard InChI is InChI=1S/C10H15N3O2/c1-13-9(10(14)15)5-8(12-13)6-11-7-3-2-4-7/h5,7,11H,2-4,6H2,1H3,(H,14,15). The Labute approximate surface area is 88.1 Å². The fraction of sp³-hybridized carbons (Fsp3) is 0.600. The van der Waals surface area contributed by atoms with Crippen molar-refractivity contribution in [2.24, 2.45) is 7.05 Å². The van der Waals surface area contributed by atoms with Crippen LogP contribution >= 0.6 is 0 Å². The first-order valence-corrected chi connectivity index (χ1v) is 5.16. The summed E-state index contributed by atoms with van der Waals surface area (Å²) in [5, 5.41) is 16.3. The van der Waals surface area contributed by atoms with Gasteiger partial charge in [0.2, 0.25) is 0 Å². The number of carbonyl (C=O) groups is 1. The number of nitrogens with one attached hydrogen (secondary N) is 1. The molecule has 0 aromatic carbocycles. The summed E-state index contributed by atoms with van der Waals surface area (Å²) in [6.45, 7) is 0.659. The summed E-state index contributed by atoms with van der Waals surface area (Å²) in [4.78, 5) is 10.8. The highest BCUT2D eigenvalue weighted by molar-refractivity contribution is 5.85. The minimum absolute atomic E-state index is 0.236. The molecule has 15 heavy (non-hydrogen) atoms. The van der Waals surface area contributed by atoms with Crippen LogP contribution in [0, 0.1) is 0 Å². The number of aryl methyl sites for hydroxylation is 1. The number of nitrogens with zero attached hydrogens (tertiary/aromatic N) is 2. The smallest absolute Gasteiger partial charge is 0.354 e. The maximum Gasteiger partial charge on any atom is 0.354 e. The Morgan fingerprint density at radius 1 is 1.73 bits per heavy atom. The first-order valence-electron chi connectivity index (χ1n) is 5.16. The molecule has 1 aromatic rings. The van der Waals surface area contributed by atoms with E-state index in [2.05, 4.69) is 10.4 Å². The second-order valence-corrected chi connectivity index (χ2v) is 3.96. The summed E-state index contributed by atoms with van der Waals surface area (Å²) in [5.41, 5.74) is 1.03. The van der Waals surface area contributed by atoms with E-state index in [0.29, 0.717) is 12.6 Å². The number of carboxylic acids is 1. The second kappa shape index (κ2) is 4.02. The van der Waals surface area contributed by atoms with E-state index in [1.807, 2.05) is 0 Å². The zero-order valence-corrected chi connectivity index (χ0v) is 8.73. The van der Waals surface area contributed by atoms with Gasteiger partial charge in [-0.25, -0.2) is 4.79 Å². The molecule has 0 unspecified atom stereocenters. The summed E-state index contributed by atoms with van der Waals surface area (Å²) < 4.78 is 1.40. The number of aromatic carboxylic acids is 1. The quantitative estimate of drug-likeness (QED) is 0.768. The van der Waals surface area contributed by atoms with E-state index in [1.165, 1.54) is 23.9 Å². The summed E-state index contributed by atoms with van der Waals surface area (Å²) in [6, 6.07) is 2.22. The average molecular weight is 209 g/mol. The van der Waals surface area contributed by atoms with E-state index < -0.39 is 5.97 Å². The van der Waals surface area contributed by atoms with Crippen molar-refractivity contribution in [3.63, 3.8) is 0 Å². The van der Waals surface area contributed by atoms with Crippen molar-refractivity contribution in [1.29, 1.82) is 0 Å². The van der Waals surface area contributed by atoms with E-state index in [-0.39, 0.29) is 5.69 Å². The number of hydrogen-bond acceptors (Lipinski definition) is 3. The maximum atomic E-state index is 10.8. The Kier molecular flexibility index (Phi) is 2.73. The molecule has 0 atom stereocenters. The highest BCUT2D eigenvalue weighted by Gasteiger charge is 2.17. The van der Waals surface area contributed by atoms with Crippen molar-refractivity contribution < 1.29 is 9.90 Å². The topological polar surface area (TPSA) is 67.2 Å². The maximum absolute atomic E-state index is 10.8. The van der Waals surface area contributed by atoms with Crippen LogP contribution in [0.5, 0.6) is 0 Å². The lowest BCUT2D eigenvalue weighted by molar-refractivity contribution is 0.0685. The van der Waals surface area contributed by atoms with Crippen LogP contribution in [-0.4, -0.2) is 26.9 Å². The molecule has 0 aliphatic heterocycles. The second-order valence-electron chi connectivity index (χ2n) is 3.96. The molecule has 5 heteroatoms. The van der Waals surface area contributed by atoms with Crippen molar-refractivity contribution in [2.45, 2.75) is 31.8 Å². The van der Waals surface area contributed by atoms with Gasteiger partial charge in [0, 0.05) is 19.6 Å². The van der Waals surface area contributed by atoms with Gasteiger partial charge in [0.25, 0.3) is 0 Å². The van der Waals surface area contributed by atoms with Gasteiger partial charge in [0.05, 0.1) is 5.69 Å². The van der Waals surface area contributed by atoms with Gasteiger partial charge in [-0.3, -0.25) is 4.68 Å². The Hall–Kier alpha value is -1.36. The first kappa shape index (κ1) is 10.2. The first-order chi connectivity index (χ1) is 7.16. The highest BCUT2D eigenvalue weighted by Crippen LogP contribution is 2.18. The summed E-state index contributed by atoms with van der Waals surface area (Å²) in [7, 11) is 1.65. The van der Waals surface area contributed by atoms with E-state index >= 15 is 0 Å². The van der Waals surface area contributed by atoms with Crippen LogP contribution in [0.25, 0.3) is 0 Å². The van der Waals surface area contributed by atoms with Gasteiger partial charge in [-0.1, -0.05) is 6.42 Å². The third-order valence-electron chi connectivity index (χ3n) is 2.83. The number of carboxylic acid groups (broad SMARTS) is 1. The van der Waals surface area contributed by atoms with Gasteiger partial charge in [-0.2, -0.15) is 5.10 Å². The average Bonchev–Trinajstić information content (AvgIpc) is 2.44. The Morgan fingerprint density at radius 2 is 2.47 bits per heavy atom. The molecule has 5 nitrogen and oxygen atoms in total. The summed E-state index contributed by atoms with van der Waals surface area (Å²) in [5.74, 6) is -0.931. The van der Waals surface area contributed by atoms with Crippen LogP contribution in [0.2, 0.25) is 0 Å². The summed E-state index contributed by atoms with van der Waals surface area (Å²) >= 11 is 0. The molecular formula is C10H15N3O2. The van der Waals surface area contributed by atoms with Gasteiger partial charge in [0.1, 0.15) is 5.69 Å². The molecule has 1 aliphatic carbocycles. The molecule has 1 fully saturated rings. The molecule has 1 saturated carbocycles. The van der Waals surface area contributed by atoms with Crippen LogP contribution in [0.4, 0.5) is 0 Å². The van der Waals surface area contributed by atoms with Crippen molar-refractivity contribution in [3.8, 4) is 0 Å². The van der Waals surface area contributed by atoms with E-state index in [9.17, 15) is 4.79 Å². The lowest BCUT2D eigenvalue weighted by Crippen LogP contribution is -2.34. The zero-order valence-electron chi connectivity index (χ0n) is 8.73. The van der Waals surface area contributed by atoms with Crippen LogP contribution < -0.4 is 5.32 Å². The Bertz CT molecular complexity index is 369. The van der Waals surface area contributed by atoms with Gasteiger partial charge in [-0.15, -0.1) is 0 Å². The molecule has 0 spiro atoms. The largest absolute Gasteiger partial charge is 0.477 e. The van der Waals surface area contributed by atoms with Crippen LogP contribution in [0.15, 0.2) is 6.07 Å². The third kappa shape index (κ3) is 2.18. The van der Waals surface area contributed by atoms with Crippen LogP contribution in [0.1, 0.15) is 35.4 Å². The molecule has 0 saturated heterocycles. The molecule has 2 rings (SSSR count). The normalized spacial score (nSPS) is 16.3. The lowest BCUT2D eigenvalue weighted by Gasteiger charge is -2.26. The van der Waals surface area contributed by atoms with Crippen molar-refractivity contribution >= 4 is 5.97 Å². The monoisotopic (exact) mass is 209 g/mol. The van der Waals surface area contributed by atoms with Gasteiger partial charge >= 0.3 is 5.97 Å². The minimum Gasteiger partial charge on any atom is -0.477 e. The molecule has 1 aromatic heterocycles. The Morgan fingerprint density at radius 3 is 2.93 bits per heavy atom. The zero-order chi connectivity index (χ0) is 10.8. The molecular weight excluding hydrogens is 194 g/mol. The molecule has 2 N–H and O–H groups in total. The highest BCUT2D eigenvalue weighted by atomic mass is 16.4. The molecule has 82 valence electrons. The fourth-order valence-electron chi connectivity index (χ4n) is 1.67. The Balaban J connectivity index is 1.96. The van der Waals surface area contributed by atoms with E-state index in [4.69, 9.17) is 5.11 Å². The van der Waals surface area contributed by atoms with Gasteiger partial charge in [0.15, 0.2) is 0 Å². The number of hydrogen-bond donors (Lipinski definition) is 2. The van der Waals surface area contributed by atoms with Crippen molar-refractivity contribution in [3.05, 3.63) is 17.5 Å². The molecule has 1 heterocycles. The van der Waals surface area contributed by atoms with Gasteiger partial charge in [-0.05, 0) is 18.9 Å². The number of rotatable bonds is 4. The van der Waals surface area contributed by atoms with Crippen molar-refractivity contribution in [1.82, 2.24) is 15.1 Å². The van der Waals surface area contributed by atoms with Crippen LogP contribution in [0.3, 0.4) is 0 Å². The molecule has 0 amide bonds. The van der Waals surface area contributed by atoms with Crippen LogP contribution in [-0.2, 0) is 13.6 Å². The fourth-order valence-corrected chi connectivity index (χ4v) is 1.67. The number of aromatic nitrogens is 2. The SMILES string of the molecule is Cn1nc(CNC2CCC2)cc1C(=O)O. The minimum atomic E-state index is -0.931. The van der Waals surface area contributed by atoms with E-state index in [0.717, 1.165) is 5.69 Å². The predicted molar refractivity (Wildman–Crippen MR) is 54.6 cm³/mol. The summed E-state index contributed by atoms with van der Waals surface area (Å²) in [6.07, 6.45) is 3.73. The molecule has 0 radical (unpaired) electrons. The molecule has 1 aliphatic rings. The van der Waals surface area contributed by atoms with Gasteiger partial charge < -0.3 is 10.4 Å². The van der Waals surface area contributed by atoms with E-state index in [1.54, 1.807) is 13.1 Å². The predicted octanol–water partition coefficient (Wildman–Crippen LogP) is 0.760. The molecule has 0 bridgehead atoms. The lowest BCUT2D eigenvalue weighted by atomic mass is 9.93.